The zero-order chi connectivity index (χ0) is 40.0. The highest BCUT2D eigenvalue weighted by Crippen LogP contribution is 2.77. The Kier molecular flexibility index (Phi) is 10.7. The molecule has 6 rings (SSSR count). The van der Waals surface area contributed by atoms with Crippen LogP contribution in [0.25, 0.3) is 0 Å². The largest absolute Gasteiger partial charge is 0.481 e. The lowest BCUT2D eigenvalue weighted by Gasteiger charge is -2.72. The maximum absolute atomic E-state index is 14.2. The van der Waals surface area contributed by atoms with E-state index in [9.17, 15) is 29.4 Å². The van der Waals surface area contributed by atoms with Crippen molar-refractivity contribution in [2.75, 3.05) is 33.7 Å². The van der Waals surface area contributed by atoms with E-state index >= 15 is 0 Å². The number of esters is 1. The Morgan fingerprint density at radius 1 is 0.889 bits per heavy atom. The number of ether oxygens (including phenoxy) is 1. The molecule has 0 radical (unpaired) electrons. The highest BCUT2D eigenvalue weighted by molar-refractivity contribution is 6.00. The van der Waals surface area contributed by atoms with Gasteiger partial charge in [-0.3, -0.25) is 19.2 Å². The molecule has 54 heavy (non-hydrogen) atoms. The Bertz CT molecular complexity index is 1560. The first-order valence-electron chi connectivity index (χ1n) is 21.3. The number of fused-ring (bicyclic) bond motifs is 7. The third kappa shape index (κ3) is 6.61. The standard InChI is InChI=1S/C45H72N2O7/c1-27(2)37-30(48)22-45(33(49)25-47(24-28-12-13-28)35(50)26-46(10)11)21-20-43(8)29(38(37)45)14-15-32-42(7)18-17-34(54-36(51)23-40(3,4)39(52)53)41(5,6)31(42)16-19-44(32,43)9/h27-29,31-34,49H,12-26H2,1-11H3,(H,52,53)/t29-,31+,32-,33+,34+,42+,43-,44-,45+/m1/s1. The summed E-state index contributed by atoms with van der Waals surface area (Å²) in [4.78, 5) is 56.4. The van der Waals surface area contributed by atoms with Gasteiger partial charge in [-0.1, -0.05) is 54.0 Å². The number of hydrogen-bond acceptors (Lipinski definition) is 7. The molecule has 6 aliphatic rings. The molecule has 0 bridgehead atoms. The molecule has 5 saturated carbocycles. The molecule has 6 aliphatic carbocycles. The van der Waals surface area contributed by atoms with Crippen LogP contribution in [0.2, 0.25) is 0 Å². The zero-order valence-electron chi connectivity index (χ0n) is 35.5. The number of amides is 1. The lowest BCUT2D eigenvalue weighted by Crippen LogP contribution is -2.66. The van der Waals surface area contributed by atoms with Gasteiger partial charge in [0.05, 0.1) is 24.5 Å². The molecule has 0 unspecified atom stereocenters. The van der Waals surface area contributed by atoms with Crippen LogP contribution in [0.4, 0.5) is 0 Å². The van der Waals surface area contributed by atoms with Crippen molar-refractivity contribution in [3.63, 3.8) is 0 Å². The summed E-state index contributed by atoms with van der Waals surface area (Å²) in [6.07, 6.45) is 8.97. The van der Waals surface area contributed by atoms with Gasteiger partial charge < -0.3 is 24.7 Å². The van der Waals surface area contributed by atoms with Crippen molar-refractivity contribution in [3.8, 4) is 0 Å². The third-order valence-electron chi connectivity index (χ3n) is 16.9. The second-order valence-electron chi connectivity index (χ2n) is 21.6. The number of likely N-dealkylation sites (N-methyl/N-ethyl adjacent to an activating group) is 1. The normalized spacial score (nSPS) is 38.0. The fourth-order valence-electron chi connectivity index (χ4n) is 13.6. The number of aliphatic hydroxyl groups excluding tert-OH is 1. The van der Waals surface area contributed by atoms with E-state index in [1.807, 2.05) is 23.9 Å². The van der Waals surface area contributed by atoms with Gasteiger partial charge in [0.25, 0.3) is 0 Å². The second-order valence-corrected chi connectivity index (χ2v) is 21.6. The predicted molar refractivity (Wildman–Crippen MR) is 209 cm³/mol. The fourth-order valence-corrected chi connectivity index (χ4v) is 13.6. The molecule has 5 fully saturated rings. The number of rotatable bonds is 12. The number of nitrogens with zero attached hydrogens (tertiary/aromatic N) is 2. The minimum atomic E-state index is -1.17. The molecule has 0 aromatic heterocycles. The molecular weight excluding hydrogens is 681 g/mol. The molecule has 304 valence electrons. The van der Waals surface area contributed by atoms with Crippen LogP contribution in [-0.2, 0) is 23.9 Å². The molecule has 1 amide bonds. The van der Waals surface area contributed by atoms with Crippen molar-refractivity contribution >= 4 is 23.6 Å². The Labute approximate surface area is 325 Å². The lowest BCUT2D eigenvalue weighted by molar-refractivity contribution is -0.235. The molecule has 0 aromatic rings. The predicted octanol–water partition coefficient (Wildman–Crippen LogP) is 7.54. The number of Topliss-reactive ketones (excluding diaryl/α,β-unsaturated/α-hetero) is 1. The van der Waals surface area contributed by atoms with Gasteiger partial charge >= 0.3 is 11.9 Å². The van der Waals surface area contributed by atoms with Crippen LogP contribution >= 0.6 is 0 Å². The molecule has 0 heterocycles. The third-order valence-corrected chi connectivity index (χ3v) is 16.9. The number of carboxylic acid groups (broad SMARTS) is 1. The van der Waals surface area contributed by atoms with Crippen LogP contribution in [0.3, 0.4) is 0 Å². The molecule has 9 nitrogen and oxygen atoms in total. The number of hydrogen-bond donors (Lipinski definition) is 2. The topological polar surface area (TPSA) is 124 Å². The summed E-state index contributed by atoms with van der Waals surface area (Å²) >= 11 is 0. The number of aliphatic hydroxyl groups is 1. The molecule has 0 spiro atoms. The van der Waals surface area contributed by atoms with Gasteiger partial charge in [-0.05, 0) is 144 Å². The average Bonchev–Trinajstić information content (AvgIpc) is 3.81. The summed E-state index contributed by atoms with van der Waals surface area (Å²) in [5.74, 6) is 0.406. The van der Waals surface area contributed by atoms with Crippen molar-refractivity contribution < 1.29 is 34.1 Å². The number of allylic oxidation sites excluding steroid dienone is 1. The van der Waals surface area contributed by atoms with Crippen LogP contribution < -0.4 is 0 Å². The summed E-state index contributed by atoms with van der Waals surface area (Å²) in [6.45, 7) is 20.8. The van der Waals surface area contributed by atoms with Gasteiger partial charge in [0.1, 0.15) is 6.10 Å². The summed E-state index contributed by atoms with van der Waals surface area (Å²) in [5, 5.41) is 22.1. The molecule has 9 atom stereocenters. The second kappa shape index (κ2) is 14.0. The Balaban J connectivity index is 1.29. The summed E-state index contributed by atoms with van der Waals surface area (Å²) in [6, 6.07) is 0. The maximum atomic E-state index is 14.2. The van der Waals surface area contributed by atoms with Crippen molar-refractivity contribution in [2.45, 2.75) is 152 Å². The summed E-state index contributed by atoms with van der Waals surface area (Å²) in [5.41, 5.74) is 0.122. The molecule has 2 N–H and O–H groups in total. The number of carbonyl (C=O) groups is 4. The van der Waals surface area contributed by atoms with Gasteiger partial charge in [-0.2, -0.15) is 0 Å². The minimum Gasteiger partial charge on any atom is -0.481 e. The highest BCUT2D eigenvalue weighted by atomic mass is 16.5. The van der Waals surface area contributed by atoms with Gasteiger partial charge in [-0.25, -0.2) is 0 Å². The van der Waals surface area contributed by atoms with E-state index in [-0.39, 0.29) is 64.3 Å². The Hall–Kier alpha value is -2.26. The first-order valence-corrected chi connectivity index (χ1v) is 21.3. The van der Waals surface area contributed by atoms with E-state index in [0.717, 1.165) is 69.8 Å². The smallest absolute Gasteiger partial charge is 0.309 e. The Morgan fingerprint density at radius 2 is 1.56 bits per heavy atom. The van der Waals surface area contributed by atoms with E-state index in [2.05, 4.69) is 48.5 Å². The zero-order valence-corrected chi connectivity index (χ0v) is 35.5. The number of carboxylic acids is 1. The van der Waals surface area contributed by atoms with Crippen LogP contribution in [0.15, 0.2) is 11.1 Å². The first-order chi connectivity index (χ1) is 24.9. The molecule has 0 aromatic carbocycles. The number of carbonyl (C=O) groups excluding carboxylic acids is 3. The average molecular weight is 753 g/mol. The molecular formula is C45H72N2O7. The molecule has 0 aliphatic heterocycles. The van der Waals surface area contributed by atoms with Crippen molar-refractivity contribution in [3.05, 3.63) is 11.1 Å². The Morgan fingerprint density at radius 3 is 2.15 bits per heavy atom. The van der Waals surface area contributed by atoms with Crippen LogP contribution in [0, 0.1) is 62.1 Å². The van der Waals surface area contributed by atoms with Gasteiger partial charge in [0.15, 0.2) is 5.78 Å². The fraction of sp³-hybridized carbons (Fsp3) is 0.867. The van der Waals surface area contributed by atoms with Crippen LogP contribution in [0.1, 0.15) is 139 Å². The number of aliphatic carboxylic acids is 1. The summed E-state index contributed by atoms with van der Waals surface area (Å²) in [7, 11) is 3.82. The van der Waals surface area contributed by atoms with Crippen molar-refractivity contribution in [1.29, 1.82) is 0 Å². The molecule has 9 heteroatoms. The lowest BCUT2D eigenvalue weighted by atomic mass is 9.33. The maximum Gasteiger partial charge on any atom is 0.309 e. The van der Waals surface area contributed by atoms with Gasteiger partial charge in [-0.15, -0.1) is 0 Å². The molecule has 0 saturated heterocycles. The van der Waals surface area contributed by atoms with Gasteiger partial charge in [0, 0.05) is 30.3 Å². The SMILES string of the molecule is CC(C)C1=C2[C@H]3CC[C@@H]4[C@@]5(C)CC[C@H](OC(=O)CC(C)(C)C(=O)O)C(C)(C)[C@@H]5CC[C@@]4(C)[C@]3(C)CC[C@@]2([C@@H](O)CN(CC2CC2)C(=O)CN(C)C)CC1=O. The van der Waals surface area contributed by atoms with E-state index in [4.69, 9.17) is 4.74 Å². The summed E-state index contributed by atoms with van der Waals surface area (Å²) < 4.78 is 6.17. The van der Waals surface area contributed by atoms with E-state index < -0.39 is 28.9 Å². The van der Waals surface area contributed by atoms with E-state index in [0.29, 0.717) is 37.3 Å². The van der Waals surface area contributed by atoms with E-state index in [1.54, 1.807) is 13.8 Å². The van der Waals surface area contributed by atoms with Crippen molar-refractivity contribution in [1.82, 2.24) is 9.80 Å². The minimum absolute atomic E-state index is 0.0177. The first kappa shape index (κ1) is 41.4. The van der Waals surface area contributed by atoms with Crippen molar-refractivity contribution in [2.24, 2.45) is 62.1 Å². The number of ketones is 1. The van der Waals surface area contributed by atoms with E-state index in [1.165, 1.54) is 5.57 Å². The monoisotopic (exact) mass is 753 g/mol. The quantitative estimate of drug-likeness (QED) is 0.196. The van der Waals surface area contributed by atoms with Gasteiger partial charge in [0.2, 0.25) is 5.91 Å². The highest BCUT2D eigenvalue weighted by Gasteiger charge is 2.71. The van der Waals surface area contributed by atoms with Crippen LogP contribution in [0.5, 0.6) is 0 Å². The van der Waals surface area contributed by atoms with Crippen LogP contribution in [-0.4, -0.2) is 89.6 Å².